The summed E-state index contributed by atoms with van der Waals surface area (Å²) < 4.78 is 7.87. The molecule has 1 aromatic carbocycles. The van der Waals surface area contributed by atoms with Crippen LogP contribution in [0.5, 0.6) is 5.75 Å². The average Bonchev–Trinajstić information content (AvgIpc) is 2.67. The van der Waals surface area contributed by atoms with Crippen molar-refractivity contribution in [3.63, 3.8) is 0 Å². The third-order valence-electron chi connectivity index (χ3n) is 3.36. The number of ether oxygens (including phenoxy) is 1. The van der Waals surface area contributed by atoms with Gasteiger partial charge in [-0.25, -0.2) is 0 Å². The van der Waals surface area contributed by atoms with Crippen LogP contribution in [0.25, 0.3) is 0 Å². The number of rotatable bonds is 5. The molecule has 0 unspecified atom stereocenters. The van der Waals surface area contributed by atoms with Crippen LogP contribution >= 0.6 is 0 Å². The van der Waals surface area contributed by atoms with Crippen LogP contribution in [0, 0.1) is 20.8 Å². The number of nitrogens with zero attached hydrogens (tertiary/aromatic N) is 2. The van der Waals surface area contributed by atoms with Crippen molar-refractivity contribution in [1.82, 2.24) is 15.1 Å². The van der Waals surface area contributed by atoms with Gasteiger partial charge in [0.05, 0.1) is 11.4 Å². The molecule has 0 aliphatic heterocycles. The maximum absolute atomic E-state index is 6.00. The molecule has 1 N–H and O–H groups in total. The van der Waals surface area contributed by atoms with Crippen LogP contribution < -0.4 is 10.1 Å². The lowest BCUT2D eigenvalue weighted by Crippen LogP contribution is -2.07. The van der Waals surface area contributed by atoms with E-state index in [-0.39, 0.29) is 0 Å². The van der Waals surface area contributed by atoms with E-state index in [4.69, 9.17) is 4.74 Å². The minimum absolute atomic E-state index is 0.546. The highest BCUT2D eigenvalue weighted by Crippen LogP contribution is 2.25. The molecule has 0 saturated heterocycles. The summed E-state index contributed by atoms with van der Waals surface area (Å²) in [5.41, 5.74) is 5.74. The van der Waals surface area contributed by atoms with Crippen LogP contribution in [-0.4, -0.2) is 16.8 Å². The monoisotopic (exact) mass is 273 g/mol. The van der Waals surface area contributed by atoms with Gasteiger partial charge in [0.25, 0.3) is 0 Å². The van der Waals surface area contributed by atoms with E-state index in [0.29, 0.717) is 6.61 Å². The molecule has 0 aliphatic carbocycles. The van der Waals surface area contributed by atoms with E-state index >= 15 is 0 Å². The zero-order valence-corrected chi connectivity index (χ0v) is 12.9. The molecule has 1 heterocycles. The van der Waals surface area contributed by atoms with Gasteiger partial charge < -0.3 is 10.1 Å². The van der Waals surface area contributed by atoms with Gasteiger partial charge in [0.15, 0.2) is 0 Å². The van der Waals surface area contributed by atoms with Gasteiger partial charge in [-0.1, -0.05) is 12.1 Å². The quantitative estimate of drug-likeness (QED) is 0.910. The van der Waals surface area contributed by atoms with Crippen LogP contribution in [0.4, 0.5) is 0 Å². The van der Waals surface area contributed by atoms with E-state index in [1.165, 1.54) is 16.7 Å². The van der Waals surface area contributed by atoms with Crippen LogP contribution in [0.2, 0.25) is 0 Å². The maximum atomic E-state index is 6.00. The fourth-order valence-corrected chi connectivity index (χ4v) is 2.52. The molecule has 4 heteroatoms. The molecule has 4 nitrogen and oxygen atoms in total. The first-order valence-electron chi connectivity index (χ1n) is 6.88. The number of benzene rings is 1. The zero-order chi connectivity index (χ0) is 14.7. The van der Waals surface area contributed by atoms with Crippen molar-refractivity contribution in [3.8, 4) is 5.75 Å². The molecule has 108 valence electrons. The normalized spacial score (nSPS) is 10.8. The molecule has 0 spiro atoms. The molecule has 1 aromatic heterocycles. The smallest absolute Gasteiger partial charge is 0.130 e. The zero-order valence-electron chi connectivity index (χ0n) is 12.9. The number of aromatic nitrogens is 2. The largest absolute Gasteiger partial charge is 0.487 e. The predicted molar refractivity (Wildman–Crippen MR) is 81.0 cm³/mol. The average molecular weight is 273 g/mol. The van der Waals surface area contributed by atoms with Crippen molar-refractivity contribution in [2.75, 3.05) is 7.05 Å². The first-order chi connectivity index (χ1) is 9.51. The third-order valence-corrected chi connectivity index (χ3v) is 3.36. The fraction of sp³-hybridized carbons (Fsp3) is 0.438. The van der Waals surface area contributed by atoms with Crippen molar-refractivity contribution in [2.24, 2.45) is 7.05 Å². The highest BCUT2D eigenvalue weighted by molar-refractivity contribution is 5.43. The molecule has 2 aromatic rings. The Bertz CT molecular complexity index is 579. The van der Waals surface area contributed by atoms with Crippen LogP contribution in [0.3, 0.4) is 0 Å². The van der Waals surface area contributed by atoms with Crippen molar-refractivity contribution < 1.29 is 4.74 Å². The second-order valence-electron chi connectivity index (χ2n) is 5.28. The molecule has 0 amide bonds. The lowest BCUT2D eigenvalue weighted by Gasteiger charge is -2.14. The van der Waals surface area contributed by atoms with Gasteiger partial charge >= 0.3 is 0 Å². The SMILES string of the molecule is CNCc1cc(C)c(OCc2cc(C)nn2C)c(C)c1. The molecule has 20 heavy (non-hydrogen) atoms. The number of aryl methyl sites for hydroxylation is 4. The summed E-state index contributed by atoms with van der Waals surface area (Å²) in [5, 5.41) is 7.51. The maximum Gasteiger partial charge on any atom is 0.130 e. The van der Waals surface area contributed by atoms with Crippen molar-refractivity contribution >= 4 is 0 Å². The summed E-state index contributed by atoms with van der Waals surface area (Å²) in [7, 11) is 3.90. The lowest BCUT2D eigenvalue weighted by molar-refractivity contribution is 0.291. The molecular weight excluding hydrogens is 250 g/mol. The second kappa shape index (κ2) is 6.09. The number of hydrogen-bond donors (Lipinski definition) is 1. The lowest BCUT2D eigenvalue weighted by atomic mass is 10.1. The van der Waals surface area contributed by atoms with Gasteiger partial charge in [-0.05, 0) is 50.6 Å². The molecule has 0 bridgehead atoms. The van der Waals surface area contributed by atoms with Gasteiger partial charge in [0.2, 0.25) is 0 Å². The van der Waals surface area contributed by atoms with Gasteiger partial charge in [0.1, 0.15) is 12.4 Å². The van der Waals surface area contributed by atoms with Crippen molar-refractivity contribution in [1.29, 1.82) is 0 Å². The van der Waals surface area contributed by atoms with Crippen LogP contribution in [-0.2, 0) is 20.2 Å². The van der Waals surface area contributed by atoms with Gasteiger partial charge in [-0.2, -0.15) is 5.10 Å². The Morgan fingerprint density at radius 1 is 1.15 bits per heavy atom. The van der Waals surface area contributed by atoms with Crippen LogP contribution in [0.15, 0.2) is 18.2 Å². The number of hydrogen-bond acceptors (Lipinski definition) is 3. The van der Waals surface area contributed by atoms with Gasteiger partial charge in [-0.3, -0.25) is 4.68 Å². The second-order valence-corrected chi connectivity index (χ2v) is 5.28. The molecule has 0 fully saturated rings. The van der Waals surface area contributed by atoms with E-state index in [0.717, 1.165) is 23.7 Å². The van der Waals surface area contributed by atoms with Crippen molar-refractivity contribution in [2.45, 2.75) is 33.9 Å². The Morgan fingerprint density at radius 3 is 2.30 bits per heavy atom. The summed E-state index contributed by atoms with van der Waals surface area (Å²) in [6.45, 7) is 7.60. The first kappa shape index (κ1) is 14.6. The summed E-state index contributed by atoms with van der Waals surface area (Å²) in [4.78, 5) is 0. The minimum atomic E-state index is 0.546. The molecular formula is C16H23N3O. The van der Waals surface area contributed by atoms with E-state index < -0.39 is 0 Å². The van der Waals surface area contributed by atoms with E-state index in [1.54, 1.807) is 0 Å². The molecule has 0 aliphatic rings. The highest BCUT2D eigenvalue weighted by Gasteiger charge is 2.08. The molecule has 0 saturated carbocycles. The highest BCUT2D eigenvalue weighted by atomic mass is 16.5. The topological polar surface area (TPSA) is 39.1 Å². The van der Waals surface area contributed by atoms with Crippen LogP contribution in [0.1, 0.15) is 28.1 Å². The third kappa shape index (κ3) is 3.20. The van der Waals surface area contributed by atoms with Gasteiger partial charge in [-0.15, -0.1) is 0 Å². The Balaban J connectivity index is 2.15. The fourth-order valence-electron chi connectivity index (χ4n) is 2.52. The Labute approximate surface area is 120 Å². The molecule has 2 rings (SSSR count). The predicted octanol–water partition coefficient (Wildman–Crippen LogP) is 2.64. The summed E-state index contributed by atoms with van der Waals surface area (Å²) in [6.07, 6.45) is 0. The van der Waals surface area contributed by atoms with Gasteiger partial charge in [0, 0.05) is 13.6 Å². The summed E-state index contributed by atoms with van der Waals surface area (Å²) in [5.74, 6) is 0.976. The standard InChI is InChI=1S/C16H23N3O/c1-11-6-14(9-17-4)7-12(2)16(11)20-10-15-8-13(3)18-19(15)5/h6-8,17H,9-10H2,1-5H3. The summed E-state index contributed by atoms with van der Waals surface area (Å²) in [6, 6.07) is 6.40. The van der Waals surface area contributed by atoms with Crippen molar-refractivity contribution in [3.05, 3.63) is 46.3 Å². The Kier molecular flexibility index (Phi) is 4.45. The Hall–Kier alpha value is -1.81. The van der Waals surface area contributed by atoms with E-state index in [9.17, 15) is 0 Å². The molecule has 0 atom stereocenters. The van der Waals surface area contributed by atoms with E-state index in [2.05, 4.69) is 42.5 Å². The Morgan fingerprint density at radius 2 is 1.80 bits per heavy atom. The number of nitrogens with one attached hydrogen (secondary N) is 1. The molecule has 0 radical (unpaired) electrons. The first-order valence-corrected chi connectivity index (χ1v) is 6.88. The van der Waals surface area contributed by atoms with E-state index in [1.807, 2.05) is 25.7 Å². The minimum Gasteiger partial charge on any atom is -0.487 e. The summed E-state index contributed by atoms with van der Waals surface area (Å²) >= 11 is 0.